The lowest BCUT2D eigenvalue weighted by atomic mass is 10.1. The molecule has 4 rings (SSSR count). The van der Waals surface area contributed by atoms with Crippen molar-refractivity contribution in [3.05, 3.63) is 80.8 Å². The molecule has 0 spiro atoms. The summed E-state index contributed by atoms with van der Waals surface area (Å²) in [5.74, 6) is 0. The Bertz CT molecular complexity index is 1170. The van der Waals surface area contributed by atoms with Crippen LogP contribution in [-0.2, 0) is 0 Å². The molecule has 0 aliphatic rings. The van der Waals surface area contributed by atoms with Crippen molar-refractivity contribution in [2.75, 3.05) is 0 Å². The average molecular weight is 411 g/mol. The number of nitro benzene ring substituents is 1. The fourth-order valence-electron chi connectivity index (χ4n) is 2.66. The minimum absolute atomic E-state index is 0.0227. The molecule has 2 heterocycles. The molecule has 0 aliphatic carbocycles. The first-order chi connectivity index (χ1) is 13.5. The van der Waals surface area contributed by atoms with Crippen LogP contribution in [0.2, 0.25) is 5.02 Å². The van der Waals surface area contributed by atoms with Gasteiger partial charge in [-0.15, -0.1) is 11.3 Å². The van der Waals surface area contributed by atoms with Gasteiger partial charge in [0.15, 0.2) is 6.29 Å². The number of non-ortho nitro benzene ring substituents is 1. The van der Waals surface area contributed by atoms with Crippen LogP contribution in [0.3, 0.4) is 0 Å². The molecular formula is C19H11ClN4O3S. The second-order valence-electron chi connectivity index (χ2n) is 5.82. The molecule has 0 unspecified atom stereocenters. The molecule has 0 saturated carbocycles. The molecule has 0 aliphatic heterocycles. The maximum absolute atomic E-state index is 11.5. The molecule has 0 atom stereocenters. The van der Waals surface area contributed by atoms with Crippen molar-refractivity contribution < 1.29 is 9.72 Å². The maximum Gasteiger partial charge on any atom is 0.269 e. The molecule has 0 fully saturated rings. The first-order valence-corrected chi connectivity index (χ1v) is 9.32. The molecule has 2 aromatic heterocycles. The summed E-state index contributed by atoms with van der Waals surface area (Å²) in [6, 6.07) is 13.2. The molecule has 28 heavy (non-hydrogen) atoms. The van der Waals surface area contributed by atoms with Crippen LogP contribution in [0.1, 0.15) is 10.4 Å². The number of halogens is 1. The van der Waals surface area contributed by atoms with E-state index in [-0.39, 0.29) is 5.69 Å². The molecule has 0 N–H and O–H groups in total. The Hall–Kier alpha value is -3.36. The van der Waals surface area contributed by atoms with Gasteiger partial charge in [-0.05, 0) is 24.3 Å². The van der Waals surface area contributed by atoms with Gasteiger partial charge in [0.1, 0.15) is 5.69 Å². The number of carbonyl (C=O) groups excluding carboxylic acids is 1. The predicted molar refractivity (Wildman–Crippen MR) is 107 cm³/mol. The molecule has 9 heteroatoms. The van der Waals surface area contributed by atoms with Gasteiger partial charge in [0.2, 0.25) is 5.13 Å². The molecule has 4 aromatic rings. The van der Waals surface area contributed by atoms with Crippen molar-refractivity contribution in [3.63, 3.8) is 0 Å². The quantitative estimate of drug-likeness (QED) is 0.261. The highest BCUT2D eigenvalue weighted by molar-refractivity contribution is 7.12. The van der Waals surface area contributed by atoms with E-state index in [9.17, 15) is 14.9 Å². The van der Waals surface area contributed by atoms with Crippen molar-refractivity contribution in [3.8, 4) is 27.6 Å². The number of aldehydes is 1. The standard InChI is InChI=1S/C19H11ClN4O3S/c20-15-5-1-13(2-6-15)18-14(10-25)9-23(22-18)19-21-17(11-28-19)12-3-7-16(8-4-12)24(26)27/h1-11H. The SMILES string of the molecule is O=Cc1cn(-c2nc(-c3ccc([N+](=O)[O-])cc3)cs2)nc1-c1ccc(Cl)cc1. The topological polar surface area (TPSA) is 90.9 Å². The normalized spacial score (nSPS) is 10.8. The number of carbonyl (C=O) groups is 1. The summed E-state index contributed by atoms with van der Waals surface area (Å²) < 4.78 is 1.55. The second-order valence-corrected chi connectivity index (χ2v) is 7.09. The van der Waals surface area contributed by atoms with E-state index in [1.54, 1.807) is 47.3 Å². The highest BCUT2D eigenvalue weighted by atomic mass is 35.5. The van der Waals surface area contributed by atoms with E-state index in [2.05, 4.69) is 10.1 Å². The lowest BCUT2D eigenvalue weighted by Gasteiger charge is -1.98. The van der Waals surface area contributed by atoms with Gasteiger partial charge >= 0.3 is 0 Å². The first-order valence-electron chi connectivity index (χ1n) is 8.06. The summed E-state index contributed by atoms with van der Waals surface area (Å²) in [4.78, 5) is 26.3. The molecule has 0 radical (unpaired) electrons. The fraction of sp³-hybridized carbons (Fsp3) is 0. The molecule has 2 aromatic carbocycles. The molecule has 138 valence electrons. The average Bonchev–Trinajstić information content (AvgIpc) is 3.36. The number of hydrogen-bond acceptors (Lipinski definition) is 6. The Morgan fingerprint density at radius 1 is 1.07 bits per heavy atom. The molecule has 0 amide bonds. The van der Waals surface area contributed by atoms with Crippen LogP contribution in [0, 0.1) is 10.1 Å². The number of nitrogens with zero attached hydrogens (tertiary/aromatic N) is 4. The van der Waals surface area contributed by atoms with Crippen molar-refractivity contribution >= 4 is 34.9 Å². The smallest absolute Gasteiger partial charge is 0.269 e. The minimum atomic E-state index is -0.445. The lowest BCUT2D eigenvalue weighted by molar-refractivity contribution is -0.384. The van der Waals surface area contributed by atoms with E-state index < -0.39 is 4.92 Å². The van der Waals surface area contributed by atoms with E-state index in [1.807, 2.05) is 5.38 Å². The summed E-state index contributed by atoms with van der Waals surface area (Å²) in [5, 5.41) is 18.3. The van der Waals surface area contributed by atoms with E-state index >= 15 is 0 Å². The van der Waals surface area contributed by atoms with E-state index in [0.29, 0.717) is 27.1 Å². The second kappa shape index (κ2) is 7.34. The Balaban J connectivity index is 1.68. The summed E-state index contributed by atoms with van der Waals surface area (Å²) in [6.45, 7) is 0. The fourth-order valence-corrected chi connectivity index (χ4v) is 3.54. The van der Waals surface area contributed by atoms with Gasteiger partial charge in [-0.2, -0.15) is 5.10 Å². The largest absolute Gasteiger partial charge is 0.298 e. The molecule has 0 bridgehead atoms. The Kier molecular flexibility index (Phi) is 4.72. The van der Waals surface area contributed by atoms with Crippen molar-refractivity contribution in [1.29, 1.82) is 0 Å². The monoisotopic (exact) mass is 410 g/mol. The van der Waals surface area contributed by atoms with Crippen LogP contribution in [0.4, 0.5) is 5.69 Å². The molecule has 7 nitrogen and oxygen atoms in total. The number of hydrogen-bond donors (Lipinski definition) is 0. The zero-order valence-corrected chi connectivity index (χ0v) is 15.7. The van der Waals surface area contributed by atoms with Crippen LogP contribution < -0.4 is 0 Å². The van der Waals surface area contributed by atoms with Crippen LogP contribution in [0.5, 0.6) is 0 Å². The summed E-state index contributed by atoms with van der Waals surface area (Å²) >= 11 is 7.28. The zero-order valence-electron chi connectivity index (χ0n) is 14.2. The van der Waals surface area contributed by atoms with Crippen LogP contribution in [0.15, 0.2) is 60.1 Å². The van der Waals surface area contributed by atoms with Crippen LogP contribution >= 0.6 is 22.9 Å². The van der Waals surface area contributed by atoms with Gasteiger partial charge < -0.3 is 0 Å². The van der Waals surface area contributed by atoms with Crippen LogP contribution in [-0.4, -0.2) is 26.0 Å². The highest BCUT2D eigenvalue weighted by Gasteiger charge is 2.15. The van der Waals surface area contributed by atoms with E-state index in [4.69, 9.17) is 11.6 Å². The third-order valence-electron chi connectivity index (χ3n) is 4.05. The Morgan fingerprint density at radius 3 is 2.39 bits per heavy atom. The number of thiazole rings is 1. The molecular weight excluding hydrogens is 400 g/mol. The lowest BCUT2D eigenvalue weighted by Crippen LogP contribution is -1.94. The van der Waals surface area contributed by atoms with Gasteiger partial charge in [0.05, 0.1) is 16.2 Å². The first kappa shape index (κ1) is 18.0. The number of nitro groups is 1. The number of rotatable bonds is 5. The van der Waals surface area contributed by atoms with Gasteiger partial charge in [-0.1, -0.05) is 23.7 Å². The van der Waals surface area contributed by atoms with E-state index in [0.717, 1.165) is 17.4 Å². The maximum atomic E-state index is 11.5. The summed E-state index contributed by atoms with van der Waals surface area (Å²) in [5.41, 5.74) is 3.21. The van der Waals surface area contributed by atoms with Crippen molar-refractivity contribution in [2.24, 2.45) is 0 Å². The third-order valence-corrected chi connectivity index (χ3v) is 5.13. The number of aromatic nitrogens is 3. The van der Waals surface area contributed by atoms with Crippen molar-refractivity contribution in [1.82, 2.24) is 14.8 Å². The van der Waals surface area contributed by atoms with E-state index in [1.165, 1.54) is 23.5 Å². The van der Waals surface area contributed by atoms with Gasteiger partial charge in [-0.3, -0.25) is 14.9 Å². The summed E-state index contributed by atoms with van der Waals surface area (Å²) in [7, 11) is 0. The number of benzene rings is 2. The van der Waals surface area contributed by atoms with Crippen LogP contribution in [0.25, 0.3) is 27.6 Å². The highest BCUT2D eigenvalue weighted by Crippen LogP contribution is 2.28. The summed E-state index contributed by atoms with van der Waals surface area (Å²) in [6.07, 6.45) is 2.37. The van der Waals surface area contributed by atoms with Crippen molar-refractivity contribution in [2.45, 2.75) is 0 Å². The predicted octanol–water partition coefficient (Wildman–Crippen LogP) is 5.04. The third kappa shape index (κ3) is 3.42. The minimum Gasteiger partial charge on any atom is -0.298 e. The molecule has 0 saturated heterocycles. The Morgan fingerprint density at radius 2 is 1.75 bits per heavy atom. The van der Waals surface area contributed by atoms with Gasteiger partial charge in [0, 0.05) is 39.9 Å². The van der Waals surface area contributed by atoms with Gasteiger partial charge in [0.25, 0.3) is 5.69 Å². The Labute approximate surface area is 168 Å². The zero-order chi connectivity index (χ0) is 19.7. The van der Waals surface area contributed by atoms with Gasteiger partial charge in [-0.25, -0.2) is 9.67 Å².